The van der Waals surface area contributed by atoms with E-state index in [2.05, 4.69) is 24.8 Å². The fraction of sp³-hybridized carbons (Fsp3) is 0.333. The molecule has 2 atom stereocenters. The van der Waals surface area contributed by atoms with E-state index in [9.17, 15) is 9.50 Å². The topological polar surface area (TPSA) is 98.4 Å². The molecule has 2 aliphatic rings. The SMILES string of the molecule is COCc1cn(-c2nc(OC[C@@]34CCCN3C[C@H](F)C4)nc3c(F)c(-c4c(O)ccc5ccccc45)ncc23)cn1. The molecule has 2 aliphatic heterocycles. The number of hydrogen-bond acceptors (Lipinski definition) is 8. The maximum Gasteiger partial charge on any atom is 0.319 e. The van der Waals surface area contributed by atoms with Crippen LogP contribution in [0.5, 0.6) is 11.8 Å². The van der Waals surface area contributed by atoms with Crippen LogP contribution in [0.25, 0.3) is 38.8 Å². The normalized spacial score (nSPS) is 20.7. The van der Waals surface area contributed by atoms with E-state index in [4.69, 9.17) is 9.47 Å². The number of benzene rings is 2. The Labute approximate surface area is 234 Å². The Bertz CT molecular complexity index is 1780. The number of ether oxygens (including phenoxy) is 2. The lowest BCUT2D eigenvalue weighted by Gasteiger charge is -2.30. The number of aromatic nitrogens is 5. The maximum atomic E-state index is 16.4. The summed E-state index contributed by atoms with van der Waals surface area (Å²) in [6.45, 7) is 1.70. The fourth-order valence-corrected chi connectivity index (χ4v) is 6.32. The molecule has 2 aromatic carbocycles. The van der Waals surface area contributed by atoms with Crippen LogP contribution in [-0.2, 0) is 11.3 Å². The van der Waals surface area contributed by atoms with Crippen molar-refractivity contribution in [3.8, 4) is 28.8 Å². The lowest BCUT2D eigenvalue weighted by molar-refractivity contribution is 0.107. The Kier molecular flexibility index (Phi) is 6.28. The molecule has 210 valence electrons. The molecule has 0 unspecified atom stereocenters. The van der Waals surface area contributed by atoms with E-state index in [-0.39, 0.29) is 35.1 Å². The highest BCUT2D eigenvalue weighted by Gasteiger charge is 2.49. The van der Waals surface area contributed by atoms with Crippen LogP contribution in [0.4, 0.5) is 8.78 Å². The molecule has 7 rings (SSSR count). The van der Waals surface area contributed by atoms with E-state index < -0.39 is 17.5 Å². The van der Waals surface area contributed by atoms with Gasteiger partial charge in [0.15, 0.2) is 11.6 Å². The molecule has 2 fully saturated rings. The molecule has 9 nitrogen and oxygen atoms in total. The molecule has 11 heteroatoms. The molecule has 0 saturated carbocycles. The Morgan fingerprint density at radius 2 is 2.00 bits per heavy atom. The minimum atomic E-state index is -0.906. The second-order valence-corrected chi connectivity index (χ2v) is 10.8. The first-order valence-corrected chi connectivity index (χ1v) is 13.6. The first kappa shape index (κ1) is 25.7. The van der Waals surface area contributed by atoms with Gasteiger partial charge in [-0.2, -0.15) is 9.97 Å². The number of methoxy groups -OCH3 is 1. The molecule has 0 spiro atoms. The van der Waals surface area contributed by atoms with E-state index in [1.165, 1.54) is 12.3 Å². The number of nitrogens with zero attached hydrogens (tertiary/aromatic N) is 6. The summed E-state index contributed by atoms with van der Waals surface area (Å²) in [5, 5.41) is 12.6. The van der Waals surface area contributed by atoms with Crippen LogP contribution in [0.1, 0.15) is 25.0 Å². The number of phenols is 1. The van der Waals surface area contributed by atoms with Crippen molar-refractivity contribution in [1.29, 1.82) is 0 Å². The summed E-state index contributed by atoms with van der Waals surface area (Å²) in [4.78, 5) is 20.1. The van der Waals surface area contributed by atoms with Gasteiger partial charge in [-0.3, -0.25) is 14.5 Å². The molecule has 5 heterocycles. The largest absolute Gasteiger partial charge is 0.507 e. The third kappa shape index (κ3) is 4.36. The summed E-state index contributed by atoms with van der Waals surface area (Å²) >= 11 is 0. The number of alkyl halides is 1. The van der Waals surface area contributed by atoms with Crippen molar-refractivity contribution >= 4 is 21.7 Å². The highest BCUT2D eigenvalue weighted by molar-refractivity contribution is 6.00. The highest BCUT2D eigenvalue weighted by Crippen LogP contribution is 2.41. The lowest BCUT2D eigenvalue weighted by atomic mass is 9.95. The second-order valence-electron chi connectivity index (χ2n) is 10.8. The Morgan fingerprint density at radius 3 is 2.88 bits per heavy atom. The number of halogens is 2. The third-order valence-electron chi connectivity index (χ3n) is 8.19. The number of fused-ring (bicyclic) bond motifs is 3. The molecular weight excluding hydrogens is 530 g/mol. The van der Waals surface area contributed by atoms with Crippen LogP contribution in [0.15, 0.2) is 55.1 Å². The van der Waals surface area contributed by atoms with Crippen molar-refractivity contribution in [2.45, 2.75) is 37.6 Å². The summed E-state index contributed by atoms with van der Waals surface area (Å²) in [6.07, 6.45) is 6.05. The Morgan fingerprint density at radius 1 is 1.12 bits per heavy atom. The Hall–Kier alpha value is -4.22. The third-order valence-corrected chi connectivity index (χ3v) is 8.19. The molecule has 5 aromatic rings. The van der Waals surface area contributed by atoms with E-state index in [0.717, 1.165) is 24.8 Å². The predicted octanol–water partition coefficient (Wildman–Crippen LogP) is 4.98. The number of pyridine rings is 1. The van der Waals surface area contributed by atoms with Crippen molar-refractivity contribution in [2.75, 3.05) is 26.8 Å². The minimum absolute atomic E-state index is 0.0140. The predicted molar refractivity (Wildman–Crippen MR) is 148 cm³/mol. The zero-order valence-electron chi connectivity index (χ0n) is 22.4. The molecule has 2 saturated heterocycles. The van der Waals surface area contributed by atoms with Crippen molar-refractivity contribution < 1.29 is 23.4 Å². The van der Waals surface area contributed by atoms with Gasteiger partial charge in [0.2, 0.25) is 0 Å². The average molecular weight is 559 g/mol. The molecule has 0 amide bonds. The average Bonchev–Trinajstić information content (AvgIpc) is 3.67. The molecule has 41 heavy (non-hydrogen) atoms. The summed E-state index contributed by atoms with van der Waals surface area (Å²) in [6, 6.07) is 10.7. The first-order valence-electron chi connectivity index (χ1n) is 13.6. The molecular formula is C30H28F2N6O3. The van der Waals surface area contributed by atoms with Gasteiger partial charge >= 0.3 is 6.01 Å². The van der Waals surface area contributed by atoms with E-state index in [1.54, 1.807) is 30.3 Å². The van der Waals surface area contributed by atoms with Crippen molar-refractivity contribution in [2.24, 2.45) is 0 Å². The number of aromatic hydroxyl groups is 1. The van der Waals surface area contributed by atoms with Crippen LogP contribution >= 0.6 is 0 Å². The van der Waals surface area contributed by atoms with Crippen molar-refractivity contribution in [3.63, 3.8) is 0 Å². The standard InChI is InChI=1S/C30H28F2N6O3/c1-40-15-20-14-37(17-34-20)28-22-12-33-27(24-21-6-3-2-5-18(21)7-8-23(24)39)25(32)26(22)35-29(36-28)41-16-30-9-4-10-38(30)13-19(31)11-30/h2-3,5-8,12,14,17,19,39H,4,9-11,13,15-16H2,1H3/t19-,30+/m1/s1. The van der Waals surface area contributed by atoms with Gasteiger partial charge in [0.1, 0.15) is 36.1 Å². The summed E-state index contributed by atoms with van der Waals surface area (Å²) in [5.41, 5.74) is 0.461. The summed E-state index contributed by atoms with van der Waals surface area (Å²) in [7, 11) is 1.57. The number of hydrogen-bond donors (Lipinski definition) is 1. The van der Waals surface area contributed by atoms with Crippen molar-refractivity contribution in [3.05, 3.63) is 66.6 Å². The molecule has 1 N–H and O–H groups in total. The molecule has 3 aromatic heterocycles. The van der Waals surface area contributed by atoms with Gasteiger partial charge in [-0.1, -0.05) is 30.3 Å². The number of phenolic OH excluding ortho intramolecular Hbond substituents is 1. The lowest BCUT2D eigenvalue weighted by Crippen LogP contribution is -2.43. The van der Waals surface area contributed by atoms with Crippen LogP contribution in [0.3, 0.4) is 0 Å². The van der Waals surface area contributed by atoms with Gasteiger partial charge in [0, 0.05) is 32.5 Å². The van der Waals surface area contributed by atoms with Gasteiger partial charge in [-0.25, -0.2) is 13.8 Å². The van der Waals surface area contributed by atoms with Gasteiger partial charge in [0.05, 0.1) is 28.8 Å². The molecule has 0 aliphatic carbocycles. The summed E-state index contributed by atoms with van der Waals surface area (Å²) in [5.74, 6) is -0.484. The van der Waals surface area contributed by atoms with Gasteiger partial charge in [0.25, 0.3) is 0 Å². The second kappa shape index (κ2) is 10.0. The fourth-order valence-electron chi connectivity index (χ4n) is 6.32. The molecule has 0 radical (unpaired) electrons. The quantitative estimate of drug-likeness (QED) is 0.299. The monoisotopic (exact) mass is 558 g/mol. The number of imidazole rings is 1. The van der Waals surface area contributed by atoms with E-state index in [0.29, 0.717) is 41.9 Å². The van der Waals surface area contributed by atoms with Crippen molar-refractivity contribution in [1.82, 2.24) is 29.4 Å². The van der Waals surface area contributed by atoms with E-state index in [1.807, 2.05) is 24.3 Å². The maximum absolute atomic E-state index is 16.4. The van der Waals surface area contributed by atoms with Gasteiger partial charge in [-0.05, 0) is 36.2 Å². The minimum Gasteiger partial charge on any atom is -0.507 e. The zero-order chi connectivity index (χ0) is 28.1. The van der Waals surface area contributed by atoms with Crippen LogP contribution in [0.2, 0.25) is 0 Å². The Balaban J connectivity index is 1.37. The molecule has 0 bridgehead atoms. The van der Waals surface area contributed by atoms with Crippen LogP contribution in [0, 0.1) is 5.82 Å². The van der Waals surface area contributed by atoms with Gasteiger partial charge < -0.3 is 14.6 Å². The highest BCUT2D eigenvalue weighted by atomic mass is 19.1. The number of rotatable bonds is 7. The van der Waals surface area contributed by atoms with E-state index >= 15 is 4.39 Å². The summed E-state index contributed by atoms with van der Waals surface area (Å²) < 4.78 is 43.8. The smallest absolute Gasteiger partial charge is 0.319 e. The van der Waals surface area contributed by atoms with Crippen LogP contribution in [-0.4, -0.2) is 73.0 Å². The first-order chi connectivity index (χ1) is 20.0. The van der Waals surface area contributed by atoms with Crippen LogP contribution < -0.4 is 4.74 Å². The van der Waals surface area contributed by atoms with Gasteiger partial charge in [-0.15, -0.1) is 0 Å². The zero-order valence-corrected chi connectivity index (χ0v) is 22.4.